The zero-order chi connectivity index (χ0) is 31.3. The average molecular weight is 598 g/mol. The van der Waals surface area contributed by atoms with Gasteiger partial charge >= 0.3 is 0 Å². The summed E-state index contributed by atoms with van der Waals surface area (Å²) in [5, 5.41) is 31.7. The highest BCUT2D eigenvalue weighted by molar-refractivity contribution is 5.98. The molecule has 0 aromatic heterocycles. The summed E-state index contributed by atoms with van der Waals surface area (Å²) < 4.78 is 10.4. The molecule has 1 rings (SSSR count). The molecule has 0 aliphatic heterocycles. The van der Waals surface area contributed by atoms with E-state index in [0.29, 0.717) is 56.9 Å². The number of carbonyl (C=O) groups excluding carboxylic acids is 4. The first-order valence-corrected chi connectivity index (χ1v) is 14.0. The van der Waals surface area contributed by atoms with E-state index in [1.807, 2.05) is 0 Å². The van der Waals surface area contributed by atoms with E-state index in [4.69, 9.17) is 20.9 Å². The van der Waals surface area contributed by atoms with Crippen LogP contribution in [0.4, 0.5) is 5.69 Å². The van der Waals surface area contributed by atoms with Gasteiger partial charge in [-0.1, -0.05) is 26.0 Å². The highest BCUT2D eigenvalue weighted by Gasteiger charge is 2.29. The predicted molar refractivity (Wildman–Crippen MR) is 155 cm³/mol. The van der Waals surface area contributed by atoms with Crippen molar-refractivity contribution in [2.75, 3.05) is 51.4 Å². The first-order chi connectivity index (χ1) is 20.1. The highest BCUT2D eigenvalue weighted by atomic mass is 16.5. The number of aliphatic hydroxyl groups is 2. The van der Waals surface area contributed by atoms with E-state index in [-0.39, 0.29) is 25.6 Å². The van der Waals surface area contributed by atoms with Crippen LogP contribution in [0.25, 0.3) is 0 Å². The summed E-state index contributed by atoms with van der Waals surface area (Å²) >= 11 is 0. The lowest BCUT2D eigenvalue weighted by Crippen LogP contribution is -2.55. The van der Waals surface area contributed by atoms with Gasteiger partial charge in [0.1, 0.15) is 25.3 Å². The minimum absolute atomic E-state index is 0.140. The van der Waals surface area contributed by atoms with Crippen LogP contribution in [0.3, 0.4) is 0 Å². The van der Waals surface area contributed by atoms with Crippen LogP contribution < -0.4 is 38.1 Å². The maximum atomic E-state index is 13.2. The molecule has 42 heavy (non-hydrogen) atoms. The number of aliphatic hydroxyl groups excluding tert-OH is 2. The molecule has 0 saturated carbocycles. The largest absolute Gasteiger partial charge is 0.392 e. The second-order valence-electron chi connectivity index (χ2n) is 9.83. The molecule has 11 N–H and O–H groups in total. The molecule has 1 aromatic carbocycles. The molecule has 0 heterocycles. The number of nitrogens with one attached hydrogen (secondary N) is 5. The molecule has 3 atom stereocenters. The monoisotopic (exact) mass is 597 g/mol. The zero-order valence-electron chi connectivity index (χ0n) is 24.4. The van der Waals surface area contributed by atoms with E-state index in [2.05, 4.69) is 26.6 Å². The van der Waals surface area contributed by atoms with Crippen LogP contribution >= 0.6 is 0 Å². The van der Waals surface area contributed by atoms with Crippen molar-refractivity contribution < 1.29 is 38.9 Å². The van der Waals surface area contributed by atoms with Crippen molar-refractivity contribution in [3.63, 3.8) is 0 Å². The third kappa shape index (κ3) is 16.3. The van der Waals surface area contributed by atoms with Crippen LogP contribution in [0.1, 0.15) is 38.7 Å². The van der Waals surface area contributed by atoms with Crippen molar-refractivity contribution in [2.24, 2.45) is 17.4 Å². The quantitative estimate of drug-likeness (QED) is 0.0515. The number of rotatable bonds is 22. The van der Waals surface area contributed by atoms with Gasteiger partial charge in [0, 0.05) is 25.4 Å². The molecule has 238 valence electrons. The Kier molecular flexibility index (Phi) is 18.9. The Hall–Kier alpha value is -3.18. The Morgan fingerprint density at radius 2 is 1.60 bits per heavy atom. The van der Waals surface area contributed by atoms with Gasteiger partial charge in [0.2, 0.25) is 23.6 Å². The van der Waals surface area contributed by atoms with E-state index in [9.17, 15) is 29.4 Å². The van der Waals surface area contributed by atoms with Gasteiger partial charge in [-0.3, -0.25) is 30.2 Å². The number of nitrogens with two attached hydrogens (primary N) is 2. The molecular formula is C27H47N7O8. The Labute approximate surface area is 246 Å². The molecule has 0 spiro atoms. The van der Waals surface area contributed by atoms with Crippen molar-refractivity contribution in [3.8, 4) is 0 Å². The van der Waals surface area contributed by atoms with E-state index >= 15 is 0 Å². The second kappa shape index (κ2) is 21.5. The SMILES string of the molecule is CC(C)[C@H](NC(=O)COCC(=O)NCCCOCCN)C(=O)N[C@@H](CCCNC(N)O)C(=O)Nc1ccc(CO)cc1. The molecule has 0 radical (unpaired) electrons. The fourth-order valence-electron chi connectivity index (χ4n) is 3.63. The summed E-state index contributed by atoms with van der Waals surface area (Å²) in [6.45, 7) is 4.59. The summed E-state index contributed by atoms with van der Waals surface area (Å²) in [5.41, 5.74) is 11.8. The standard InChI is InChI=1S/C27H47N7O8/c1-18(2)24(34-23(37)17-42-16-22(36)30-12-4-13-41-14-10-28)26(39)33-21(5-3-11-31-27(29)40)25(38)32-20-8-6-19(15-35)7-9-20/h6-9,18,21,24,27,31,35,40H,3-5,10-17,28-29H2,1-2H3,(H,30,36)(H,32,38)(H,33,39)(H,34,37)/t21-,24-,27?/m0/s1. The molecule has 0 fully saturated rings. The van der Waals surface area contributed by atoms with Gasteiger partial charge in [0.05, 0.1) is 13.2 Å². The smallest absolute Gasteiger partial charge is 0.246 e. The molecule has 15 nitrogen and oxygen atoms in total. The topological polar surface area (TPSA) is 239 Å². The summed E-state index contributed by atoms with van der Waals surface area (Å²) in [7, 11) is 0. The Bertz CT molecular complexity index is 947. The number of ether oxygens (including phenoxy) is 2. The summed E-state index contributed by atoms with van der Waals surface area (Å²) in [5.74, 6) is -2.38. The number of carbonyl (C=O) groups is 4. The Morgan fingerprint density at radius 1 is 0.905 bits per heavy atom. The maximum Gasteiger partial charge on any atom is 0.246 e. The van der Waals surface area contributed by atoms with Crippen LogP contribution in [-0.2, 0) is 35.3 Å². The normalized spacial score (nSPS) is 13.2. The van der Waals surface area contributed by atoms with Crippen LogP contribution in [0, 0.1) is 5.92 Å². The molecule has 0 saturated heterocycles. The van der Waals surface area contributed by atoms with Crippen molar-refractivity contribution >= 4 is 29.3 Å². The van der Waals surface area contributed by atoms with E-state index in [1.54, 1.807) is 38.1 Å². The van der Waals surface area contributed by atoms with Crippen molar-refractivity contribution in [3.05, 3.63) is 29.8 Å². The maximum absolute atomic E-state index is 13.2. The number of anilines is 1. The van der Waals surface area contributed by atoms with Crippen molar-refractivity contribution in [1.29, 1.82) is 0 Å². The Balaban J connectivity index is 2.66. The van der Waals surface area contributed by atoms with E-state index in [1.165, 1.54) is 0 Å². The number of hydrogen-bond donors (Lipinski definition) is 9. The molecule has 1 aromatic rings. The molecule has 1 unspecified atom stereocenters. The van der Waals surface area contributed by atoms with Crippen LogP contribution in [0.5, 0.6) is 0 Å². The van der Waals surface area contributed by atoms with Crippen molar-refractivity contribution in [1.82, 2.24) is 21.3 Å². The number of amides is 4. The summed E-state index contributed by atoms with van der Waals surface area (Å²) in [6.07, 6.45) is -0.00218. The third-order valence-corrected chi connectivity index (χ3v) is 5.84. The summed E-state index contributed by atoms with van der Waals surface area (Å²) in [6, 6.07) is 4.63. The molecule has 0 aliphatic carbocycles. The van der Waals surface area contributed by atoms with Gasteiger partial charge in [-0.25, -0.2) is 0 Å². The van der Waals surface area contributed by atoms with Gasteiger partial charge in [-0.05, 0) is 49.4 Å². The number of hydrogen-bond acceptors (Lipinski definition) is 11. The first kappa shape index (κ1) is 36.8. The van der Waals surface area contributed by atoms with Crippen LogP contribution in [0.15, 0.2) is 24.3 Å². The average Bonchev–Trinajstić information content (AvgIpc) is 2.95. The van der Waals surface area contributed by atoms with Gasteiger partial charge in [-0.2, -0.15) is 0 Å². The molecule has 0 aliphatic rings. The van der Waals surface area contributed by atoms with Gasteiger partial charge in [0.25, 0.3) is 0 Å². The van der Waals surface area contributed by atoms with Gasteiger partial charge in [0.15, 0.2) is 6.35 Å². The minimum atomic E-state index is -1.22. The molecule has 15 heteroatoms. The molecule has 0 bridgehead atoms. The van der Waals surface area contributed by atoms with Gasteiger partial charge in [-0.15, -0.1) is 0 Å². The van der Waals surface area contributed by atoms with Gasteiger partial charge < -0.3 is 46.7 Å². The van der Waals surface area contributed by atoms with E-state index < -0.39 is 48.7 Å². The highest BCUT2D eigenvalue weighted by Crippen LogP contribution is 2.12. The van der Waals surface area contributed by atoms with Crippen molar-refractivity contribution in [2.45, 2.75) is 58.2 Å². The van der Waals surface area contributed by atoms with E-state index in [0.717, 1.165) is 0 Å². The zero-order valence-corrected chi connectivity index (χ0v) is 24.4. The summed E-state index contributed by atoms with van der Waals surface area (Å²) in [4.78, 5) is 50.6. The van der Waals surface area contributed by atoms with Crippen LogP contribution in [0.2, 0.25) is 0 Å². The fourth-order valence-corrected chi connectivity index (χ4v) is 3.63. The fraction of sp³-hybridized carbons (Fsp3) is 0.630. The first-order valence-electron chi connectivity index (χ1n) is 14.0. The lowest BCUT2D eigenvalue weighted by Gasteiger charge is -2.25. The Morgan fingerprint density at radius 3 is 2.21 bits per heavy atom. The van der Waals surface area contributed by atoms with Crippen LogP contribution in [-0.4, -0.2) is 98.3 Å². The lowest BCUT2D eigenvalue weighted by atomic mass is 10.0. The minimum Gasteiger partial charge on any atom is -0.392 e. The number of benzene rings is 1. The molecular weight excluding hydrogens is 550 g/mol. The third-order valence-electron chi connectivity index (χ3n) is 5.84. The second-order valence-corrected chi connectivity index (χ2v) is 9.83. The lowest BCUT2D eigenvalue weighted by molar-refractivity contribution is -0.135. The molecule has 4 amide bonds. The predicted octanol–water partition coefficient (Wildman–Crippen LogP) is -2.15.